The molecule has 1 aliphatic heterocycles. The van der Waals surface area contributed by atoms with Crippen LogP contribution >= 0.6 is 0 Å². The summed E-state index contributed by atoms with van der Waals surface area (Å²) in [7, 11) is 2.98. The summed E-state index contributed by atoms with van der Waals surface area (Å²) in [6, 6.07) is 2.51. The topological polar surface area (TPSA) is 77.4 Å². The molecule has 4 bridgehead atoms. The second-order valence-corrected chi connectivity index (χ2v) is 11.6. The normalized spacial score (nSPS) is 32.0. The van der Waals surface area contributed by atoms with Gasteiger partial charge in [-0.2, -0.15) is 18.3 Å². The van der Waals surface area contributed by atoms with E-state index in [0.29, 0.717) is 23.6 Å². The number of carbonyl (C=O) groups is 1. The first-order chi connectivity index (χ1) is 17.7. The summed E-state index contributed by atoms with van der Waals surface area (Å²) in [5.74, 6) is 2.90. The van der Waals surface area contributed by atoms with Crippen molar-refractivity contribution in [1.29, 1.82) is 0 Å². The van der Waals surface area contributed by atoms with Crippen molar-refractivity contribution >= 4 is 11.7 Å². The molecule has 4 fully saturated rings. The molecular formula is C27H33F3N4O3. The van der Waals surface area contributed by atoms with Gasteiger partial charge in [-0.05, 0) is 79.4 Å². The summed E-state index contributed by atoms with van der Waals surface area (Å²) in [4.78, 5) is 13.3. The standard InChI is InChI=1S/C27H33F3N4O3/c1-36-21-4-3-18(8-22(21)37-2)20-9-23(27(28,29)30)34-24(33-20)19(13-32-34)25(35)31-14-26-10-15-5-16(11-26)7-17(6-15)12-26/h3-4,8,13,15-17,20,23,33H,5-7,9-12,14H2,1-2H3,(H,31,35)/t15?,16?,17?,20-,23+,26?/m1/s1. The van der Waals surface area contributed by atoms with Crippen LogP contribution < -0.4 is 20.1 Å². The van der Waals surface area contributed by atoms with Crippen LogP contribution in [-0.2, 0) is 0 Å². The Hall–Kier alpha value is -2.91. The first kappa shape index (κ1) is 24.4. The van der Waals surface area contributed by atoms with Gasteiger partial charge in [0.05, 0.1) is 26.5 Å². The van der Waals surface area contributed by atoms with Gasteiger partial charge in [0.2, 0.25) is 0 Å². The fraction of sp³-hybridized carbons (Fsp3) is 0.630. The van der Waals surface area contributed by atoms with E-state index in [1.165, 1.54) is 39.7 Å². The van der Waals surface area contributed by atoms with E-state index in [2.05, 4.69) is 15.7 Å². The summed E-state index contributed by atoms with van der Waals surface area (Å²) in [5.41, 5.74) is 0.880. The van der Waals surface area contributed by atoms with Gasteiger partial charge in [-0.15, -0.1) is 0 Å². The molecule has 2 heterocycles. The van der Waals surface area contributed by atoms with Crippen molar-refractivity contribution in [3.63, 3.8) is 0 Å². The summed E-state index contributed by atoms with van der Waals surface area (Å²) in [6.07, 6.45) is 3.82. The molecule has 7 rings (SSSR count). The highest BCUT2D eigenvalue weighted by Gasteiger charge is 2.51. The number of nitrogens with zero attached hydrogens (tertiary/aromatic N) is 2. The molecule has 0 spiro atoms. The van der Waals surface area contributed by atoms with Crippen molar-refractivity contribution in [2.24, 2.45) is 23.2 Å². The number of rotatable bonds is 6. The van der Waals surface area contributed by atoms with Crippen molar-refractivity contribution < 1.29 is 27.4 Å². The summed E-state index contributed by atoms with van der Waals surface area (Å²) >= 11 is 0. The van der Waals surface area contributed by atoms with Crippen LogP contribution in [0.5, 0.6) is 11.5 Å². The predicted molar refractivity (Wildman–Crippen MR) is 131 cm³/mol. The molecule has 2 N–H and O–H groups in total. The van der Waals surface area contributed by atoms with Crippen LogP contribution in [-0.4, -0.2) is 42.6 Å². The average molecular weight is 519 g/mol. The maximum absolute atomic E-state index is 14.1. The quantitative estimate of drug-likeness (QED) is 0.528. The Morgan fingerprint density at radius 1 is 1.08 bits per heavy atom. The maximum Gasteiger partial charge on any atom is 0.410 e. The van der Waals surface area contributed by atoms with Gasteiger partial charge in [0.1, 0.15) is 11.4 Å². The lowest BCUT2D eigenvalue weighted by Gasteiger charge is -2.56. The lowest BCUT2D eigenvalue weighted by molar-refractivity contribution is -0.173. The molecule has 1 aromatic carbocycles. The molecule has 1 aromatic heterocycles. The zero-order chi connectivity index (χ0) is 25.9. The Kier molecular flexibility index (Phi) is 5.84. The largest absolute Gasteiger partial charge is 0.493 e. The molecule has 0 saturated heterocycles. The van der Waals surface area contributed by atoms with Crippen LogP contribution in [0.2, 0.25) is 0 Å². The van der Waals surface area contributed by atoms with Gasteiger partial charge in [-0.3, -0.25) is 4.79 Å². The first-order valence-electron chi connectivity index (χ1n) is 13.1. The van der Waals surface area contributed by atoms with Crippen molar-refractivity contribution in [2.45, 2.75) is 63.2 Å². The van der Waals surface area contributed by atoms with Crippen LogP contribution in [0.4, 0.5) is 19.0 Å². The number of methoxy groups -OCH3 is 2. The van der Waals surface area contributed by atoms with Crippen LogP contribution in [0, 0.1) is 23.2 Å². The molecule has 1 amide bonds. The van der Waals surface area contributed by atoms with Crippen LogP contribution in [0.15, 0.2) is 24.4 Å². The highest BCUT2D eigenvalue weighted by Crippen LogP contribution is 2.59. The van der Waals surface area contributed by atoms with E-state index in [9.17, 15) is 18.0 Å². The minimum absolute atomic E-state index is 0.0939. The number of ether oxygens (including phenoxy) is 2. The van der Waals surface area contributed by atoms with Gasteiger partial charge in [0.15, 0.2) is 17.5 Å². The number of anilines is 1. The summed E-state index contributed by atoms with van der Waals surface area (Å²) in [5, 5.41) is 10.3. The molecule has 2 atom stereocenters. The average Bonchev–Trinajstić information content (AvgIpc) is 3.29. The van der Waals surface area contributed by atoms with Gasteiger partial charge < -0.3 is 20.1 Å². The monoisotopic (exact) mass is 518 g/mol. The smallest absolute Gasteiger partial charge is 0.410 e. The van der Waals surface area contributed by atoms with Gasteiger partial charge in [-0.1, -0.05) is 6.07 Å². The third kappa shape index (κ3) is 4.32. The number of hydrogen-bond acceptors (Lipinski definition) is 5. The Bertz CT molecular complexity index is 1160. The number of amides is 1. The molecular weight excluding hydrogens is 485 g/mol. The van der Waals surface area contributed by atoms with Gasteiger partial charge >= 0.3 is 6.18 Å². The van der Waals surface area contributed by atoms with E-state index in [4.69, 9.17) is 9.47 Å². The Morgan fingerprint density at radius 3 is 2.32 bits per heavy atom. The zero-order valence-electron chi connectivity index (χ0n) is 21.1. The summed E-state index contributed by atoms with van der Waals surface area (Å²) in [6.45, 7) is 0.571. The lowest BCUT2D eigenvalue weighted by Crippen LogP contribution is -2.51. The third-order valence-corrected chi connectivity index (χ3v) is 9.08. The minimum atomic E-state index is -4.52. The SMILES string of the molecule is COc1ccc([C@H]2C[C@@H](C(F)(F)F)n3ncc(C(=O)NCC45CC6CC(CC(C6)C4)C5)c3N2)cc1OC. The second kappa shape index (κ2) is 8.84. The van der Waals surface area contributed by atoms with Crippen LogP contribution in [0.3, 0.4) is 0 Å². The summed E-state index contributed by atoms with van der Waals surface area (Å²) < 4.78 is 53.9. The van der Waals surface area contributed by atoms with Gasteiger partial charge in [0.25, 0.3) is 5.91 Å². The predicted octanol–water partition coefficient (Wildman–Crippen LogP) is 5.51. The molecule has 5 aliphatic rings. The molecule has 4 aliphatic carbocycles. The molecule has 0 radical (unpaired) electrons. The number of alkyl halides is 3. The van der Waals surface area contributed by atoms with Gasteiger partial charge in [0, 0.05) is 13.0 Å². The number of hydrogen-bond donors (Lipinski definition) is 2. The highest BCUT2D eigenvalue weighted by atomic mass is 19.4. The number of fused-ring (bicyclic) bond motifs is 1. The van der Waals surface area contributed by atoms with E-state index >= 15 is 0 Å². The first-order valence-corrected chi connectivity index (χ1v) is 13.1. The van der Waals surface area contributed by atoms with Crippen molar-refractivity contribution in [3.8, 4) is 11.5 Å². The lowest BCUT2D eigenvalue weighted by atomic mass is 9.49. The van der Waals surface area contributed by atoms with Gasteiger partial charge in [-0.25, -0.2) is 4.68 Å². The third-order valence-electron chi connectivity index (χ3n) is 9.08. The Balaban J connectivity index is 1.25. The Labute approximate surface area is 214 Å². The zero-order valence-corrected chi connectivity index (χ0v) is 21.1. The van der Waals surface area contributed by atoms with E-state index in [1.54, 1.807) is 18.2 Å². The number of benzene rings is 1. The molecule has 7 nitrogen and oxygen atoms in total. The number of aromatic nitrogens is 2. The van der Waals surface area contributed by atoms with Crippen molar-refractivity contribution in [2.75, 3.05) is 26.1 Å². The molecule has 2 aromatic rings. The maximum atomic E-state index is 14.1. The molecule has 37 heavy (non-hydrogen) atoms. The number of halogens is 3. The molecule has 4 saturated carbocycles. The fourth-order valence-corrected chi connectivity index (χ4v) is 7.89. The second-order valence-electron chi connectivity index (χ2n) is 11.6. The number of nitrogens with one attached hydrogen (secondary N) is 2. The Morgan fingerprint density at radius 2 is 1.73 bits per heavy atom. The minimum Gasteiger partial charge on any atom is -0.493 e. The molecule has 200 valence electrons. The van der Waals surface area contributed by atoms with E-state index in [-0.39, 0.29) is 29.1 Å². The van der Waals surface area contributed by atoms with Crippen LogP contribution in [0.1, 0.15) is 73.0 Å². The van der Waals surface area contributed by atoms with Crippen molar-refractivity contribution in [3.05, 3.63) is 35.5 Å². The van der Waals surface area contributed by atoms with E-state index in [0.717, 1.165) is 41.7 Å². The van der Waals surface area contributed by atoms with Crippen molar-refractivity contribution in [1.82, 2.24) is 15.1 Å². The number of carbonyl (C=O) groups excluding carboxylic acids is 1. The highest BCUT2D eigenvalue weighted by molar-refractivity contribution is 5.99. The molecule has 10 heteroatoms. The van der Waals surface area contributed by atoms with E-state index in [1.807, 2.05) is 0 Å². The molecule has 0 unspecified atom stereocenters. The van der Waals surface area contributed by atoms with Crippen LogP contribution in [0.25, 0.3) is 0 Å². The fourth-order valence-electron chi connectivity index (χ4n) is 7.89. The van der Waals surface area contributed by atoms with E-state index < -0.39 is 18.3 Å².